The Bertz CT molecular complexity index is 114. The van der Waals surface area contributed by atoms with Gasteiger partial charge in [0, 0.05) is 7.05 Å². The standard InChI is InChI=1S/C2H6NO2S/c1-3-6(2,4)5/h1-2H3. The highest BCUT2D eigenvalue weighted by Gasteiger charge is 1.91. The minimum absolute atomic E-state index is 1.05. The molecule has 0 aliphatic heterocycles. The van der Waals surface area contributed by atoms with Gasteiger partial charge in [-0.15, -0.1) is 4.72 Å². The van der Waals surface area contributed by atoms with Crippen molar-refractivity contribution in [1.82, 2.24) is 4.72 Å². The summed E-state index contributed by atoms with van der Waals surface area (Å²) in [5.74, 6) is 0. The Kier molecular flexibility index (Phi) is 1.55. The molecule has 3 nitrogen and oxygen atoms in total. The Morgan fingerprint density at radius 2 is 1.67 bits per heavy atom. The van der Waals surface area contributed by atoms with Crippen molar-refractivity contribution in [1.29, 1.82) is 0 Å². The first-order chi connectivity index (χ1) is 2.56. The fraction of sp³-hybridized carbons (Fsp3) is 1.00. The second-order valence-corrected chi connectivity index (χ2v) is 2.75. The van der Waals surface area contributed by atoms with Gasteiger partial charge in [0.05, 0.1) is 6.26 Å². The lowest BCUT2D eigenvalue weighted by molar-refractivity contribution is 0.593. The third-order valence-electron chi connectivity index (χ3n) is 0.332. The molecule has 0 saturated heterocycles. The number of hydrogen-bond donors (Lipinski definition) is 0. The molecule has 0 aromatic rings. The van der Waals surface area contributed by atoms with E-state index in [0.717, 1.165) is 6.26 Å². The van der Waals surface area contributed by atoms with Gasteiger partial charge < -0.3 is 0 Å². The summed E-state index contributed by atoms with van der Waals surface area (Å²) in [7, 11) is -1.79. The molecule has 1 radical (unpaired) electrons. The van der Waals surface area contributed by atoms with Crippen LogP contribution in [0.4, 0.5) is 0 Å². The van der Waals surface area contributed by atoms with E-state index in [9.17, 15) is 8.42 Å². The molecule has 0 aromatic heterocycles. The number of sulfonamides is 1. The normalized spacial score (nSPS) is 11.7. The Hall–Kier alpha value is -0.0900. The molecule has 0 N–H and O–H groups in total. The molecule has 0 bridgehead atoms. The lowest BCUT2D eigenvalue weighted by atomic mass is 11.6. The molecular formula is C2H6NO2S. The third kappa shape index (κ3) is 3.91. The smallest absolute Gasteiger partial charge is 0.211 e. The Balaban J connectivity index is 3.85. The quantitative estimate of drug-likeness (QED) is 0.440. The van der Waals surface area contributed by atoms with Crippen LogP contribution in [-0.2, 0) is 10.0 Å². The summed E-state index contributed by atoms with van der Waals surface area (Å²) in [5, 5.41) is 0. The van der Waals surface area contributed by atoms with Crippen molar-refractivity contribution in [3.63, 3.8) is 0 Å². The Labute approximate surface area is 37.4 Å². The molecular weight excluding hydrogens is 102 g/mol. The van der Waals surface area contributed by atoms with Crippen LogP contribution in [0.2, 0.25) is 0 Å². The average Bonchev–Trinajstić information content (AvgIpc) is 1.35. The van der Waals surface area contributed by atoms with Crippen LogP contribution in [0, 0.1) is 0 Å². The number of rotatable bonds is 1. The summed E-state index contributed by atoms with van der Waals surface area (Å²) in [4.78, 5) is 0. The van der Waals surface area contributed by atoms with Gasteiger partial charge in [0.15, 0.2) is 0 Å². The van der Waals surface area contributed by atoms with E-state index < -0.39 is 10.0 Å². The van der Waals surface area contributed by atoms with Crippen molar-refractivity contribution in [3.05, 3.63) is 0 Å². The zero-order valence-corrected chi connectivity index (χ0v) is 4.49. The summed E-state index contributed by atoms with van der Waals surface area (Å²) >= 11 is 0. The van der Waals surface area contributed by atoms with Gasteiger partial charge in [-0.25, -0.2) is 8.42 Å². The fourth-order valence-electron chi connectivity index (χ4n) is 0. The molecule has 4 heteroatoms. The fourth-order valence-corrected chi connectivity index (χ4v) is 0. The molecule has 0 heterocycles. The van der Waals surface area contributed by atoms with Gasteiger partial charge >= 0.3 is 0 Å². The SMILES string of the molecule is C[N]S(C)(=O)=O. The molecule has 0 aliphatic carbocycles. The molecule has 6 heavy (non-hydrogen) atoms. The average molecular weight is 108 g/mol. The molecule has 37 valence electrons. The number of nitrogens with zero attached hydrogens (tertiary/aromatic N) is 1. The van der Waals surface area contributed by atoms with Crippen molar-refractivity contribution < 1.29 is 8.42 Å². The van der Waals surface area contributed by atoms with Crippen LogP contribution in [0.25, 0.3) is 0 Å². The first-order valence-corrected chi connectivity index (χ1v) is 3.22. The van der Waals surface area contributed by atoms with Crippen molar-refractivity contribution in [2.45, 2.75) is 0 Å². The van der Waals surface area contributed by atoms with Gasteiger partial charge in [-0.1, -0.05) is 0 Å². The highest BCUT2D eigenvalue weighted by atomic mass is 32.2. The van der Waals surface area contributed by atoms with Crippen molar-refractivity contribution in [3.8, 4) is 0 Å². The van der Waals surface area contributed by atoms with Gasteiger partial charge in [0.25, 0.3) is 0 Å². The van der Waals surface area contributed by atoms with Crippen molar-refractivity contribution in [2.24, 2.45) is 0 Å². The van der Waals surface area contributed by atoms with E-state index in [1.165, 1.54) is 7.05 Å². The molecule has 0 aromatic carbocycles. The van der Waals surface area contributed by atoms with Crippen LogP contribution in [-0.4, -0.2) is 21.7 Å². The molecule has 0 atom stereocenters. The lowest BCUT2D eigenvalue weighted by Crippen LogP contribution is -2.07. The van der Waals surface area contributed by atoms with Crippen molar-refractivity contribution >= 4 is 10.0 Å². The van der Waals surface area contributed by atoms with Gasteiger partial charge in [-0.2, -0.15) is 0 Å². The van der Waals surface area contributed by atoms with Crippen LogP contribution < -0.4 is 4.72 Å². The molecule has 0 rings (SSSR count). The monoisotopic (exact) mass is 108 g/mol. The van der Waals surface area contributed by atoms with E-state index in [-0.39, 0.29) is 0 Å². The largest absolute Gasteiger partial charge is 0.224 e. The second-order valence-electron chi connectivity index (χ2n) is 0.916. The van der Waals surface area contributed by atoms with Crippen LogP contribution in [0.1, 0.15) is 0 Å². The lowest BCUT2D eigenvalue weighted by Gasteiger charge is -1.81. The summed E-state index contributed by atoms with van der Waals surface area (Å²) in [6.07, 6.45) is 1.05. The van der Waals surface area contributed by atoms with E-state index in [1.54, 1.807) is 0 Å². The molecule has 0 aliphatic rings. The molecule has 0 amide bonds. The van der Waals surface area contributed by atoms with E-state index in [0.29, 0.717) is 0 Å². The zero-order chi connectivity index (χ0) is 5.21. The van der Waals surface area contributed by atoms with Crippen LogP contribution >= 0.6 is 0 Å². The van der Waals surface area contributed by atoms with E-state index >= 15 is 0 Å². The van der Waals surface area contributed by atoms with Crippen LogP contribution in [0.3, 0.4) is 0 Å². The van der Waals surface area contributed by atoms with Gasteiger partial charge in [0.2, 0.25) is 10.0 Å². The van der Waals surface area contributed by atoms with E-state index in [2.05, 4.69) is 4.72 Å². The third-order valence-corrected chi connectivity index (χ3v) is 0.995. The number of hydrogen-bond acceptors (Lipinski definition) is 2. The molecule has 0 spiro atoms. The predicted molar refractivity (Wildman–Crippen MR) is 22.9 cm³/mol. The van der Waals surface area contributed by atoms with Crippen LogP contribution in [0.15, 0.2) is 0 Å². The highest BCUT2D eigenvalue weighted by Crippen LogP contribution is 1.66. The maximum atomic E-state index is 9.83. The summed E-state index contributed by atoms with van der Waals surface area (Å²) < 4.78 is 22.7. The topological polar surface area (TPSA) is 48.2 Å². The molecule has 0 fully saturated rings. The minimum Gasteiger partial charge on any atom is -0.211 e. The first kappa shape index (κ1) is 5.91. The maximum absolute atomic E-state index is 9.83. The molecule has 0 saturated carbocycles. The summed E-state index contributed by atoms with van der Waals surface area (Å²) in [5.41, 5.74) is 0. The predicted octanol–water partition coefficient (Wildman–Crippen LogP) is -0.820. The highest BCUT2D eigenvalue weighted by molar-refractivity contribution is 7.88. The minimum atomic E-state index is -3.04. The van der Waals surface area contributed by atoms with Crippen molar-refractivity contribution in [2.75, 3.05) is 13.3 Å². The first-order valence-electron chi connectivity index (χ1n) is 1.37. The maximum Gasteiger partial charge on any atom is 0.224 e. The Morgan fingerprint density at radius 3 is 1.67 bits per heavy atom. The summed E-state index contributed by atoms with van der Waals surface area (Å²) in [6.45, 7) is 0. The molecule has 0 unspecified atom stereocenters. The second kappa shape index (κ2) is 1.57. The van der Waals surface area contributed by atoms with Gasteiger partial charge in [-0.3, -0.25) is 0 Å². The zero-order valence-electron chi connectivity index (χ0n) is 3.67. The van der Waals surface area contributed by atoms with E-state index in [1.807, 2.05) is 0 Å². The summed E-state index contributed by atoms with van der Waals surface area (Å²) in [6, 6.07) is 0. The van der Waals surface area contributed by atoms with Gasteiger partial charge in [-0.05, 0) is 0 Å². The van der Waals surface area contributed by atoms with Gasteiger partial charge in [0.1, 0.15) is 0 Å². The van der Waals surface area contributed by atoms with E-state index in [4.69, 9.17) is 0 Å². The van der Waals surface area contributed by atoms with Crippen LogP contribution in [0.5, 0.6) is 0 Å². The Morgan fingerprint density at radius 1 is 1.50 bits per heavy atom.